The Bertz CT molecular complexity index is 742. The quantitative estimate of drug-likeness (QED) is 0.646. The lowest BCUT2D eigenvalue weighted by atomic mass is 10.1. The number of methoxy groups -OCH3 is 2. The molecule has 2 aromatic rings. The zero-order valence-corrected chi connectivity index (χ0v) is 15.2. The van der Waals surface area contributed by atoms with E-state index >= 15 is 0 Å². The van der Waals surface area contributed by atoms with Gasteiger partial charge < -0.3 is 19.1 Å². The molecule has 0 radical (unpaired) electrons. The van der Waals surface area contributed by atoms with Crippen LogP contribution in [0.25, 0.3) is 0 Å². The number of carbonyl (C=O) groups excluding carboxylic acids is 2. The fourth-order valence-electron chi connectivity index (χ4n) is 2.33. The molecular weight excluding hydrogens is 334 g/mol. The minimum absolute atomic E-state index is 0.0550. The molecule has 0 aliphatic heterocycles. The summed E-state index contributed by atoms with van der Waals surface area (Å²) in [6, 6.07) is 12.2. The van der Waals surface area contributed by atoms with E-state index in [1.807, 2.05) is 12.1 Å². The zero-order valence-electron chi connectivity index (χ0n) is 15.2. The molecule has 0 unspecified atom stereocenters. The summed E-state index contributed by atoms with van der Waals surface area (Å²) in [6.45, 7) is 1.36. The first-order valence-electron chi connectivity index (χ1n) is 8.18. The molecule has 6 nitrogen and oxygen atoms in total. The number of likely N-dealkylation sites (N-methyl/N-ethyl adjacent to an activating group) is 1. The predicted octanol–water partition coefficient (Wildman–Crippen LogP) is 2.81. The first-order chi connectivity index (χ1) is 12.6. The molecule has 0 atom stereocenters. The van der Waals surface area contributed by atoms with Gasteiger partial charge in [-0.3, -0.25) is 9.59 Å². The molecule has 0 aromatic heterocycles. The summed E-state index contributed by atoms with van der Waals surface area (Å²) in [5, 5.41) is 0. The number of nitrogens with zero attached hydrogens (tertiary/aromatic N) is 1. The third-order valence-electron chi connectivity index (χ3n) is 3.90. The van der Waals surface area contributed by atoms with Crippen molar-refractivity contribution in [2.75, 3.05) is 34.4 Å². The maximum Gasteiger partial charge on any atom is 0.253 e. The van der Waals surface area contributed by atoms with Crippen molar-refractivity contribution >= 4 is 12.2 Å². The molecule has 0 aliphatic rings. The van der Waals surface area contributed by atoms with Crippen molar-refractivity contribution in [3.05, 3.63) is 59.2 Å². The topological polar surface area (TPSA) is 65.1 Å². The van der Waals surface area contributed by atoms with Crippen LogP contribution in [0.15, 0.2) is 42.5 Å². The smallest absolute Gasteiger partial charge is 0.253 e. The van der Waals surface area contributed by atoms with Crippen LogP contribution >= 0.6 is 0 Å². The first kappa shape index (κ1) is 19.5. The van der Waals surface area contributed by atoms with Crippen LogP contribution in [-0.4, -0.2) is 51.5 Å². The molecular formula is C20H23NO5. The molecule has 6 heteroatoms. The molecule has 0 saturated carbocycles. The van der Waals surface area contributed by atoms with Gasteiger partial charge in [0.2, 0.25) is 0 Å². The van der Waals surface area contributed by atoms with E-state index in [2.05, 4.69) is 0 Å². The zero-order chi connectivity index (χ0) is 18.9. The largest absolute Gasteiger partial charge is 0.493 e. The molecule has 0 bridgehead atoms. The Hall–Kier alpha value is -2.86. The van der Waals surface area contributed by atoms with Gasteiger partial charge in [-0.2, -0.15) is 0 Å². The van der Waals surface area contributed by atoms with Gasteiger partial charge in [-0.1, -0.05) is 12.1 Å². The number of hydrogen-bond donors (Lipinski definition) is 0. The van der Waals surface area contributed by atoms with Crippen molar-refractivity contribution in [2.45, 2.75) is 6.61 Å². The summed E-state index contributed by atoms with van der Waals surface area (Å²) < 4.78 is 16.0. The van der Waals surface area contributed by atoms with E-state index in [0.29, 0.717) is 42.4 Å². The van der Waals surface area contributed by atoms with E-state index in [-0.39, 0.29) is 5.91 Å². The number of carbonyl (C=O) groups is 2. The summed E-state index contributed by atoms with van der Waals surface area (Å²) >= 11 is 0. The maximum atomic E-state index is 12.3. The average molecular weight is 357 g/mol. The van der Waals surface area contributed by atoms with Gasteiger partial charge in [-0.15, -0.1) is 0 Å². The molecule has 0 spiro atoms. The number of benzene rings is 2. The van der Waals surface area contributed by atoms with Crippen LogP contribution < -0.4 is 9.47 Å². The van der Waals surface area contributed by atoms with Crippen LogP contribution in [0.2, 0.25) is 0 Å². The molecule has 26 heavy (non-hydrogen) atoms. The summed E-state index contributed by atoms with van der Waals surface area (Å²) in [7, 11) is 4.87. The number of amides is 1. The Morgan fingerprint density at radius 3 is 2.42 bits per heavy atom. The van der Waals surface area contributed by atoms with Gasteiger partial charge >= 0.3 is 0 Å². The van der Waals surface area contributed by atoms with Crippen LogP contribution in [0, 0.1) is 0 Å². The van der Waals surface area contributed by atoms with Crippen LogP contribution in [0.4, 0.5) is 0 Å². The van der Waals surface area contributed by atoms with Crippen molar-refractivity contribution < 1.29 is 23.8 Å². The normalized spacial score (nSPS) is 10.3. The molecule has 0 heterocycles. The molecule has 138 valence electrons. The lowest BCUT2D eigenvalue weighted by Crippen LogP contribution is -2.29. The van der Waals surface area contributed by atoms with Gasteiger partial charge in [0.05, 0.1) is 13.7 Å². The summed E-state index contributed by atoms with van der Waals surface area (Å²) in [6.07, 6.45) is 0.756. The van der Waals surface area contributed by atoms with Crippen molar-refractivity contribution in [3.63, 3.8) is 0 Å². The highest BCUT2D eigenvalue weighted by Gasteiger charge is 2.11. The molecule has 0 N–H and O–H groups in total. The maximum absolute atomic E-state index is 12.3. The monoisotopic (exact) mass is 357 g/mol. The third kappa shape index (κ3) is 5.07. The molecule has 0 fully saturated rings. The number of hydrogen-bond acceptors (Lipinski definition) is 5. The number of aldehydes is 1. The average Bonchev–Trinajstić information content (AvgIpc) is 2.70. The highest BCUT2D eigenvalue weighted by atomic mass is 16.5. The molecule has 0 saturated heterocycles. The van der Waals surface area contributed by atoms with E-state index in [1.165, 1.54) is 7.11 Å². The van der Waals surface area contributed by atoms with Gasteiger partial charge in [0.25, 0.3) is 5.91 Å². The predicted molar refractivity (Wildman–Crippen MR) is 98.0 cm³/mol. The number of ether oxygens (including phenoxy) is 3. The molecule has 2 rings (SSSR count). The van der Waals surface area contributed by atoms with E-state index in [4.69, 9.17) is 14.2 Å². The highest BCUT2D eigenvalue weighted by molar-refractivity contribution is 5.94. The second-order valence-electron chi connectivity index (χ2n) is 5.73. The van der Waals surface area contributed by atoms with Crippen LogP contribution in [-0.2, 0) is 11.3 Å². The standard InChI is InChI=1S/C20H23NO5/c1-21(10-11-24-2)20(23)17-7-4-15(5-8-17)14-26-18-9-6-16(13-22)12-19(18)25-3/h4-9,12-13H,10-11,14H2,1-3H3. The van der Waals surface area contributed by atoms with Gasteiger partial charge in [0, 0.05) is 31.8 Å². The summed E-state index contributed by atoms with van der Waals surface area (Å²) in [5.74, 6) is 0.999. The van der Waals surface area contributed by atoms with Crippen molar-refractivity contribution in [1.82, 2.24) is 4.90 Å². The lowest BCUT2D eigenvalue weighted by molar-refractivity contribution is 0.0744. The van der Waals surface area contributed by atoms with Crippen LogP contribution in [0.3, 0.4) is 0 Å². The van der Waals surface area contributed by atoms with Crippen molar-refractivity contribution in [3.8, 4) is 11.5 Å². The minimum atomic E-state index is -0.0550. The lowest BCUT2D eigenvalue weighted by Gasteiger charge is -2.17. The molecule has 2 aromatic carbocycles. The highest BCUT2D eigenvalue weighted by Crippen LogP contribution is 2.28. The van der Waals surface area contributed by atoms with Crippen molar-refractivity contribution in [1.29, 1.82) is 0 Å². The molecule has 0 aliphatic carbocycles. The fraction of sp³-hybridized carbons (Fsp3) is 0.300. The fourth-order valence-corrected chi connectivity index (χ4v) is 2.33. The third-order valence-corrected chi connectivity index (χ3v) is 3.90. The van der Waals surface area contributed by atoms with E-state index in [9.17, 15) is 9.59 Å². The second-order valence-corrected chi connectivity index (χ2v) is 5.73. The van der Waals surface area contributed by atoms with Gasteiger partial charge in [-0.25, -0.2) is 0 Å². The Kier molecular flexibility index (Phi) is 7.17. The SMILES string of the molecule is COCCN(C)C(=O)c1ccc(COc2ccc(C=O)cc2OC)cc1. The minimum Gasteiger partial charge on any atom is -0.493 e. The first-order valence-corrected chi connectivity index (χ1v) is 8.18. The van der Waals surface area contributed by atoms with Crippen LogP contribution in [0.1, 0.15) is 26.3 Å². The van der Waals surface area contributed by atoms with E-state index < -0.39 is 0 Å². The summed E-state index contributed by atoms with van der Waals surface area (Å²) in [5.41, 5.74) is 2.05. The van der Waals surface area contributed by atoms with Crippen molar-refractivity contribution in [2.24, 2.45) is 0 Å². The Balaban J connectivity index is 1.99. The Morgan fingerprint density at radius 1 is 1.08 bits per heavy atom. The Morgan fingerprint density at radius 2 is 1.81 bits per heavy atom. The second kappa shape index (κ2) is 9.58. The summed E-state index contributed by atoms with van der Waals surface area (Å²) in [4.78, 5) is 24.7. The molecule has 1 amide bonds. The van der Waals surface area contributed by atoms with E-state index in [1.54, 1.807) is 49.4 Å². The van der Waals surface area contributed by atoms with E-state index in [0.717, 1.165) is 11.8 Å². The van der Waals surface area contributed by atoms with Gasteiger partial charge in [0.15, 0.2) is 11.5 Å². The van der Waals surface area contributed by atoms with Crippen LogP contribution in [0.5, 0.6) is 11.5 Å². The van der Waals surface area contributed by atoms with Gasteiger partial charge in [-0.05, 0) is 35.9 Å². The number of rotatable bonds is 9. The Labute approximate surface area is 153 Å². The van der Waals surface area contributed by atoms with Gasteiger partial charge in [0.1, 0.15) is 12.9 Å².